The van der Waals surface area contributed by atoms with Crippen molar-refractivity contribution in [3.05, 3.63) is 68.6 Å². The first-order valence-electron chi connectivity index (χ1n) is 8.87. The molecule has 0 radical (unpaired) electrons. The van der Waals surface area contributed by atoms with Gasteiger partial charge in [-0.2, -0.15) is 0 Å². The van der Waals surface area contributed by atoms with Gasteiger partial charge in [-0.3, -0.25) is 18.2 Å². The van der Waals surface area contributed by atoms with Gasteiger partial charge in [0, 0.05) is 23.2 Å². The van der Waals surface area contributed by atoms with Gasteiger partial charge in [0.25, 0.3) is 11.8 Å². The van der Waals surface area contributed by atoms with E-state index in [9.17, 15) is 9.59 Å². The fourth-order valence-electron chi connectivity index (χ4n) is 3.61. The summed E-state index contributed by atoms with van der Waals surface area (Å²) >= 11 is 8.07. The quantitative estimate of drug-likeness (QED) is 0.404. The number of carbonyl (C=O) groups is 2. The summed E-state index contributed by atoms with van der Waals surface area (Å²) < 4.78 is 15.9. The average Bonchev–Trinajstić information content (AvgIpc) is 2.70. The summed E-state index contributed by atoms with van der Waals surface area (Å²) in [6, 6.07) is 14.9. The second kappa shape index (κ2) is 8.39. The number of rotatable bonds is 6. The Balaban J connectivity index is 1.60. The molecule has 0 spiro atoms. The van der Waals surface area contributed by atoms with Gasteiger partial charge < -0.3 is 9.47 Å². The molecule has 152 valence electrons. The zero-order valence-electron chi connectivity index (χ0n) is 15.6. The van der Waals surface area contributed by atoms with Crippen LogP contribution in [0, 0.1) is 0 Å². The average molecular weight is 542 g/mol. The minimum absolute atomic E-state index is 0.163. The van der Waals surface area contributed by atoms with Crippen molar-refractivity contribution >= 4 is 55.8 Å². The Kier molecular flexibility index (Phi) is 6.04. The molecule has 2 aromatic rings. The fraction of sp³-hybridized carbons (Fsp3) is 0.300. The zero-order valence-corrected chi connectivity index (χ0v) is 19.6. The molecule has 2 heterocycles. The van der Waals surface area contributed by atoms with Gasteiger partial charge >= 0.3 is 0 Å². The number of amides is 2. The second-order valence-electron chi connectivity index (χ2n) is 6.72. The van der Waals surface area contributed by atoms with Crippen LogP contribution in [0.15, 0.2) is 57.5 Å². The summed E-state index contributed by atoms with van der Waals surface area (Å²) in [5.74, 6) is -0.326. The summed E-state index contributed by atoms with van der Waals surface area (Å²) in [6.07, 6.45) is -1.15. The van der Waals surface area contributed by atoms with Crippen LogP contribution in [0.1, 0.15) is 23.2 Å². The molecule has 2 aromatic carbocycles. The van der Waals surface area contributed by atoms with E-state index in [1.54, 1.807) is 8.61 Å². The number of carbonyl (C=O) groups excluding carboxylic acids is 2. The van der Waals surface area contributed by atoms with Crippen molar-refractivity contribution in [3.8, 4) is 0 Å². The number of hydrogen-bond donors (Lipinski definition) is 0. The summed E-state index contributed by atoms with van der Waals surface area (Å²) in [6.45, 7) is 0. The van der Waals surface area contributed by atoms with Crippen molar-refractivity contribution in [1.29, 1.82) is 0 Å². The molecule has 0 bridgehead atoms. The van der Waals surface area contributed by atoms with Gasteiger partial charge in [-0.25, -0.2) is 0 Å². The molecular formula is C20H18Br2N2O4S. The normalized spacial score (nSPS) is 26.3. The first-order chi connectivity index (χ1) is 14.0. The first-order valence-corrected chi connectivity index (χ1v) is 11.2. The second-order valence-corrected chi connectivity index (χ2v) is 9.50. The van der Waals surface area contributed by atoms with Gasteiger partial charge in [-0.05, 0) is 35.4 Å². The van der Waals surface area contributed by atoms with Crippen molar-refractivity contribution in [3.63, 3.8) is 0 Å². The summed E-state index contributed by atoms with van der Waals surface area (Å²) in [7, 11) is 3.05. The maximum Gasteiger partial charge on any atom is 0.266 e. The molecule has 0 saturated carbocycles. The van der Waals surface area contributed by atoms with Crippen LogP contribution in [0.2, 0.25) is 0 Å². The van der Waals surface area contributed by atoms with Crippen LogP contribution in [0.25, 0.3) is 0 Å². The van der Waals surface area contributed by atoms with Crippen LogP contribution in [0.4, 0.5) is 0 Å². The number of methoxy groups -OCH3 is 2. The van der Waals surface area contributed by atoms with Crippen LogP contribution < -0.4 is 0 Å². The maximum atomic E-state index is 12.7. The summed E-state index contributed by atoms with van der Waals surface area (Å²) in [5, 5.41) is 0. The van der Waals surface area contributed by atoms with Crippen LogP contribution >= 0.6 is 44.0 Å². The van der Waals surface area contributed by atoms with Crippen molar-refractivity contribution in [2.75, 3.05) is 14.2 Å². The van der Waals surface area contributed by atoms with Crippen molar-refractivity contribution in [1.82, 2.24) is 8.61 Å². The number of benzene rings is 2. The van der Waals surface area contributed by atoms with Gasteiger partial charge in [0.2, 0.25) is 0 Å². The smallest absolute Gasteiger partial charge is 0.266 e. The fourth-order valence-corrected chi connectivity index (χ4v) is 5.67. The lowest BCUT2D eigenvalue weighted by Gasteiger charge is -2.51. The molecule has 0 aliphatic carbocycles. The highest BCUT2D eigenvalue weighted by molar-refractivity contribution is 9.10. The van der Waals surface area contributed by atoms with E-state index in [1.165, 1.54) is 14.2 Å². The van der Waals surface area contributed by atoms with Gasteiger partial charge in [0.05, 0.1) is 12.1 Å². The number of nitrogens with zero attached hydrogens (tertiary/aromatic N) is 2. The number of β-lactam (4-membered cyclic amide) rings is 2. The van der Waals surface area contributed by atoms with Crippen LogP contribution in [0.3, 0.4) is 0 Å². The monoisotopic (exact) mass is 540 g/mol. The molecule has 2 saturated heterocycles. The van der Waals surface area contributed by atoms with Gasteiger partial charge in [0.1, 0.15) is 12.1 Å². The van der Waals surface area contributed by atoms with Crippen LogP contribution in [-0.2, 0) is 19.1 Å². The van der Waals surface area contributed by atoms with Gasteiger partial charge in [0.15, 0.2) is 12.2 Å². The standard InChI is InChI=1S/C20H18Br2N2O4S/c1-27-17-15(11-5-3-7-13(21)9-11)23(19(17)25)29-24-16(18(28-2)20(24)26)12-6-4-8-14(22)10-12/h3-10,15-18H,1-2H3/t15-,16-,17+,18+/m0/s1. The molecule has 2 aliphatic heterocycles. The molecule has 6 nitrogen and oxygen atoms in total. The molecule has 4 rings (SSSR count). The first kappa shape index (κ1) is 20.9. The summed E-state index contributed by atoms with van der Waals surface area (Å²) in [4.78, 5) is 25.4. The Labute approximate surface area is 190 Å². The lowest BCUT2D eigenvalue weighted by molar-refractivity contribution is -0.162. The number of halogens is 2. The molecule has 2 amide bonds. The van der Waals surface area contributed by atoms with E-state index in [-0.39, 0.29) is 23.9 Å². The van der Waals surface area contributed by atoms with Crippen LogP contribution in [-0.4, -0.2) is 46.9 Å². The third-order valence-electron chi connectivity index (χ3n) is 5.06. The van der Waals surface area contributed by atoms with E-state index in [0.29, 0.717) is 0 Å². The molecule has 29 heavy (non-hydrogen) atoms. The minimum Gasteiger partial charge on any atom is -0.369 e. The highest BCUT2D eigenvalue weighted by Crippen LogP contribution is 2.49. The van der Waals surface area contributed by atoms with E-state index in [0.717, 1.165) is 32.2 Å². The SMILES string of the molecule is CO[C@H]1C(=O)N(SN2C(=O)[C@H](OC)[C@@H]2c2cccc(Br)c2)[C@H]1c1cccc(Br)c1. The van der Waals surface area contributed by atoms with E-state index >= 15 is 0 Å². The predicted octanol–water partition coefficient (Wildman–Crippen LogP) is 4.27. The molecule has 2 fully saturated rings. The third kappa shape index (κ3) is 3.63. The molecule has 2 aliphatic rings. The Morgan fingerprint density at radius 1 is 0.793 bits per heavy atom. The third-order valence-corrected chi connectivity index (χ3v) is 7.22. The van der Waals surface area contributed by atoms with Crippen molar-refractivity contribution in [2.45, 2.75) is 24.3 Å². The molecular weight excluding hydrogens is 524 g/mol. The van der Waals surface area contributed by atoms with E-state index in [4.69, 9.17) is 9.47 Å². The highest BCUT2D eigenvalue weighted by Gasteiger charge is 2.56. The molecule has 4 atom stereocenters. The molecule has 0 N–H and O–H groups in total. The Morgan fingerprint density at radius 2 is 1.21 bits per heavy atom. The molecule has 0 unspecified atom stereocenters. The zero-order chi connectivity index (χ0) is 20.7. The Morgan fingerprint density at radius 3 is 1.55 bits per heavy atom. The van der Waals surface area contributed by atoms with E-state index in [2.05, 4.69) is 31.9 Å². The van der Waals surface area contributed by atoms with Gasteiger partial charge in [-0.15, -0.1) is 0 Å². The van der Waals surface area contributed by atoms with E-state index < -0.39 is 12.2 Å². The lowest BCUT2D eigenvalue weighted by Crippen LogP contribution is -2.62. The van der Waals surface area contributed by atoms with E-state index in [1.807, 2.05) is 48.5 Å². The largest absolute Gasteiger partial charge is 0.369 e. The van der Waals surface area contributed by atoms with Crippen molar-refractivity contribution in [2.24, 2.45) is 0 Å². The maximum absolute atomic E-state index is 12.7. The highest BCUT2D eigenvalue weighted by atomic mass is 79.9. The molecule has 9 heteroatoms. The molecule has 0 aromatic heterocycles. The number of hydrogen-bond acceptors (Lipinski definition) is 5. The Hall–Kier alpha value is -1.39. The Bertz CT molecular complexity index is 884. The van der Waals surface area contributed by atoms with Crippen molar-refractivity contribution < 1.29 is 19.1 Å². The number of ether oxygens (including phenoxy) is 2. The van der Waals surface area contributed by atoms with Crippen LogP contribution in [0.5, 0.6) is 0 Å². The van der Waals surface area contributed by atoms with Gasteiger partial charge in [-0.1, -0.05) is 56.1 Å². The summed E-state index contributed by atoms with van der Waals surface area (Å²) in [5.41, 5.74) is 1.88. The lowest BCUT2D eigenvalue weighted by atomic mass is 9.94. The predicted molar refractivity (Wildman–Crippen MR) is 117 cm³/mol. The topological polar surface area (TPSA) is 59.1 Å². The minimum atomic E-state index is -0.573.